The number of hydrogen-bond donors (Lipinski definition) is 1. The van der Waals surface area contributed by atoms with Gasteiger partial charge in [-0.05, 0) is 36.6 Å². The van der Waals surface area contributed by atoms with Crippen LogP contribution in [0.25, 0.3) is 5.69 Å². The van der Waals surface area contributed by atoms with E-state index in [9.17, 15) is 4.39 Å². The maximum atomic E-state index is 14.0. The lowest BCUT2D eigenvalue weighted by atomic mass is 10.2. The van der Waals surface area contributed by atoms with Crippen LogP contribution in [-0.4, -0.2) is 14.9 Å². The molecule has 0 aliphatic carbocycles. The van der Waals surface area contributed by atoms with Gasteiger partial charge >= 0.3 is 0 Å². The summed E-state index contributed by atoms with van der Waals surface area (Å²) >= 11 is 0. The summed E-state index contributed by atoms with van der Waals surface area (Å²) in [6, 6.07) is 6.72. The standard InChI is InChI=1S/C14H17FN2O/c1-3-11-8-12(4-2)17(16-11)14-6-5-10(9-18)7-13(14)15/h5-8,18H,3-4,9H2,1-2H3. The average Bonchev–Trinajstić information content (AvgIpc) is 2.81. The Kier molecular flexibility index (Phi) is 3.77. The average molecular weight is 248 g/mol. The van der Waals surface area contributed by atoms with E-state index in [2.05, 4.69) is 5.10 Å². The van der Waals surface area contributed by atoms with Gasteiger partial charge in [0.05, 0.1) is 12.3 Å². The minimum absolute atomic E-state index is 0.156. The van der Waals surface area contributed by atoms with Gasteiger partial charge in [-0.2, -0.15) is 5.10 Å². The van der Waals surface area contributed by atoms with E-state index in [4.69, 9.17) is 5.11 Å². The van der Waals surface area contributed by atoms with Gasteiger partial charge in [0.1, 0.15) is 11.5 Å². The van der Waals surface area contributed by atoms with Crippen LogP contribution in [0.4, 0.5) is 4.39 Å². The summed E-state index contributed by atoms with van der Waals surface area (Å²) in [5, 5.41) is 13.4. The zero-order chi connectivity index (χ0) is 13.1. The van der Waals surface area contributed by atoms with Crippen LogP contribution >= 0.6 is 0 Å². The molecule has 96 valence electrons. The highest BCUT2D eigenvalue weighted by atomic mass is 19.1. The Morgan fingerprint density at radius 1 is 1.22 bits per heavy atom. The van der Waals surface area contributed by atoms with Crippen molar-refractivity contribution in [1.82, 2.24) is 9.78 Å². The van der Waals surface area contributed by atoms with E-state index < -0.39 is 0 Å². The highest BCUT2D eigenvalue weighted by molar-refractivity contribution is 5.37. The summed E-state index contributed by atoms with van der Waals surface area (Å²) in [6.45, 7) is 3.89. The first-order valence-corrected chi connectivity index (χ1v) is 6.17. The van der Waals surface area contributed by atoms with Gasteiger partial charge in [-0.1, -0.05) is 19.9 Å². The highest BCUT2D eigenvalue weighted by Gasteiger charge is 2.11. The summed E-state index contributed by atoms with van der Waals surface area (Å²) < 4.78 is 15.6. The van der Waals surface area contributed by atoms with Crippen LogP contribution in [0, 0.1) is 5.82 Å². The molecule has 4 heteroatoms. The summed E-state index contributed by atoms with van der Waals surface area (Å²) in [5.74, 6) is -0.359. The van der Waals surface area contributed by atoms with Gasteiger partial charge in [-0.15, -0.1) is 0 Å². The number of rotatable bonds is 4. The van der Waals surface area contributed by atoms with Crippen LogP contribution in [-0.2, 0) is 19.4 Å². The van der Waals surface area contributed by atoms with Gasteiger partial charge in [0.25, 0.3) is 0 Å². The zero-order valence-corrected chi connectivity index (χ0v) is 10.7. The number of aromatic nitrogens is 2. The first-order valence-electron chi connectivity index (χ1n) is 6.17. The summed E-state index contributed by atoms with van der Waals surface area (Å²) in [4.78, 5) is 0. The monoisotopic (exact) mass is 248 g/mol. The molecule has 0 aliphatic heterocycles. The van der Waals surface area contributed by atoms with Crippen molar-refractivity contribution >= 4 is 0 Å². The van der Waals surface area contributed by atoms with Crippen molar-refractivity contribution in [3.63, 3.8) is 0 Å². The number of hydrogen-bond acceptors (Lipinski definition) is 2. The van der Waals surface area contributed by atoms with Gasteiger partial charge in [-0.3, -0.25) is 0 Å². The molecule has 1 aromatic carbocycles. The van der Waals surface area contributed by atoms with Crippen LogP contribution < -0.4 is 0 Å². The first-order chi connectivity index (χ1) is 8.69. The molecule has 0 atom stereocenters. The van der Waals surface area contributed by atoms with Gasteiger partial charge in [0, 0.05) is 5.69 Å². The number of aliphatic hydroxyl groups is 1. The lowest BCUT2D eigenvalue weighted by molar-refractivity contribution is 0.281. The SMILES string of the molecule is CCc1cc(CC)n(-c2ccc(CO)cc2F)n1. The minimum Gasteiger partial charge on any atom is -0.392 e. The van der Waals surface area contributed by atoms with E-state index in [0.717, 1.165) is 24.2 Å². The van der Waals surface area contributed by atoms with E-state index in [1.54, 1.807) is 16.8 Å². The molecule has 2 aromatic rings. The van der Waals surface area contributed by atoms with Crippen LogP contribution in [0.5, 0.6) is 0 Å². The lowest BCUT2D eigenvalue weighted by Gasteiger charge is -2.08. The maximum absolute atomic E-state index is 14.0. The van der Waals surface area contributed by atoms with Crippen LogP contribution in [0.15, 0.2) is 24.3 Å². The van der Waals surface area contributed by atoms with Gasteiger partial charge in [0.15, 0.2) is 0 Å². The molecule has 1 N–H and O–H groups in total. The zero-order valence-electron chi connectivity index (χ0n) is 10.7. The molecule has 0 fully saturated rings. The normalized spacial score (nSPS) is 10.9. The molecule has 0 aliphatic rings. The molecule has 0 spiro atoms. The number of halogens is 1. The molecule has 0 amide bonds. The first kappa shape index (κ1) is 12.8. The van der Waals surface area contributed by atoms with Crippen molar-refractivity contribution in [1.29, 1.82) is 0 Å². The Balaban J connectivity index is 2.50. The van der Waals surface area contributed by atoms with E-state index in [0.29, 0.717) is 11.3 Å². The number of benzene rings is 1. The molecular weight excluding hydrogens is 231 g/mol. The predicted molar refractivity (Wildman–Crippen MR) is 68.2 cm³/mol. The number of nitrogens with zero attached hydrogens (tertiary/aromatic N) is 2. The molecule has 18 heavy (non-hydrogen) atoms. The molecule has 0 radical (unpaired) electrons. The molecule has 0 bridgehead atoms. The molecule has 0 saturated carbocycles. The van der Waals surface area contributed by atoms with E-state index in [1.165, 1.54) is 6.07 Å². The molecule has 1 heterocycles. The van der Waals surface area contributed by atoms with Crippen LogP contribution in [0.2, 0.25) is 0 Å². The second-order valence-corrected chi connectivity index (χ2v) is 4.19. The Morgan fingerprint density at radius 2 is 2.00 bits per heavy atom. The fourth-order valence-corrected chi connectivity index (χ4v) is 1.93. The van der Waals surface area contributed by atoms with Crippen molar-refractivity contribution in [3.8, 4) is 5.69 Å². The minimum atomic E-state index is -0.359. The summed E-state index contributed by atoms with van der Waals surface area (Å²) in [7, 11) is 0. The Morgan fingerprint density at radius 3 is 2.56 bits per heavy atom. The fraction of sp³-hybridized carbons (Fsp3) is 0.357. The van der Waals surface area contributed by atoms with Crippen molar-refractivity contribution < 1.29 is 9.50 Å². The molecule has 0 unspecified atom stereocenters. The van der Waals surface area contributed by atoms with Crippen molar-refractivity contribution in [2.24, 2.45) is 0 Å². The molecule has 3 nitrogen and oxygen atoms in total. The van der Waals surface area contributed by atoms with Crippen molar-refractivity contribution in [2.45, 2.75) is 33.3 Å². The second kappa shape index (κ2) is 5.31. The van der Waals surface area contributed by atoms with Gasteiger partial charge < -0.3 is 5.11 Å². The largest absolute Gasteiger partial charge is 0.392 e. The third-order valence-corrected chi connectivity index (χ3v) is 2.98. The van der Waals surface area contributed by atoms with E-state index in [1.807, 2.05) is 19.9 Å². The lowest BCUT2D eigenvalue weighted by Crippen LogP contribution is -2.04. The van der Waals surface area contributed by atoms with Crippen molar-refractivity contribution in [3.05, 3.63) is 47.0 Å². The maximum Gasteiger partial charge on any atom is 0.149 e. The predicted octanol–water partition coefficient (Wildman–Crippen LogP) is 2.63. The Labute approximate surface area is 106 Å². The molecule has 1 aromatic heterocycles. The summed E-state index contributed by atoms with van der Waals surface area (Å²) in [5.41, 5.74) is 2.95. The van der Waals surface area contributed by atoms with Crippen LogP contribution in [0.3, 0.4) is 0 Å². The highest BCUT2D eigenvalue weighted by Crippen LogP contribution is 2.18. The summed E-state index contributed by atoms with van der Waals surface area (Å²) in [6.07, 6.45) is 1.63. The second-order valence-electron chi connectivity index (χ2n) is 4.19. The molecule has 0 saturated heterocycles. The fourth-order valence-electron chi connectivity index (χ4n) is 1.93. The topological polar surface area (TPSA) is 38.0 Å². The third kappa shape index (κ3) is 2.29. The third-order valence-electron chi connectivity index (χ3n) is 2.98. The molecular formula is C14H17FN2O. The van der Waals surface area contributed by atoms with Gasteiger partial charge in [-0.25, -0.2) is 9.07 Å². The van der Waals surface area contributed by atoms with Crippen molar-refractivity contribution in [2.75, 3.05) is 0 Å². The smallest absolute Gasteiger partial charge is 0.149 e. The Bertz CT molecular complexity index is 549. The number of aliphatic hydroxyl groups excluding tert-OH is 1. The van der Waals surface area contributed by atoms with Gasteiger partial charge in [0.2, 0.25) is 0 Å². The quantitative estimate of drug-likeness (QED) is 0.903. The molecule has 2 rings (SSSR count). The van der Waals surface area contributed by atoms with Crippen LogP contribution in [0.1, 0.15) is 30.8 Å². The Hall–Kier alpha value is -1.68. The van der Waals surface area contributed by atoms with E-state index in [-0.39, 0.29) is 12.4 Å². The van der Waals surface area contributed by atoms with E-state index >= 15 is 0 Å². The number of aryl methyl sites for hydroxylation is 2.